The van der Waals surface area contributed by atoms with E-state index in [1.54, 1.807) is 19.4 Å². The van der Waals surface area contributed by atoms with Crippen LogP contribution < -0.4 is 0 Å². The molecule has 1 aliphatic rings. The van der Waals surface area contributed by atoms with Crippen LogP contribution in [0.15, 0.2) is 30.7 Å². The largest absolute Gasteiger partial charge is 0.461 e. The van der Waals surface area contributed by atoms with Crippen LogP contribution in [0.2, 0.25) is 0 Å². The van der Waals surface area contributed by atoms with Crippen molar-refractivity contribution in [2.24, 2.45) is 0 Å². The molecule has 1 aromatic carbocycles. The lowest BCUT2D eigenvalue weighted by molar-refractivity contribution is 0.0519. The maximum Gasteiger partial charge on any atom is 0.358 e. The topological polar surface area (TPSA) is 74.8 Å². The first-order valence-corrected chi connectivity index (χ1v) is 7.43. The molecule has 0 saturated carbocycles. The molecule has 4 rings (SSSR count). The van der Waals surface area contributed by atoms with E-state index in [1.165, 1.54) is 0 Å². The molecule has 7 nitrogen and oxygen atoms in total. The van der Waals surface area contributed by atoms with Gasteiger partial charge in [-0.1, -0.05) is 11.3 Å². The smallest absolute Gasteiger partial charge is 0.358 e. The van der Waals surface area contributed by atoms with Crippen LogP contribution in [0.5, 0.6) is 0 Å². The molecule has 0 spiro atoms. The van der Waals surface area contributed by atoms with Gasteiger partial charge in [-0.15, -0.1) is 5.10 Å². The van der Waals surface area contributed by atoms with Crippen molar-refractivity contribution in [3.63, 3.8) is 0 Å². The Morgan fingerprint density at radius 3 is 3.04 bits per heavy atom. The van der Waals surface area contributed by atoms with Gasteiger partial charge in [-0.25, -0.2) is 14.5 Å². The van der Waals surface area contributed by atoms with E-state index in [0.717, 1.165) is 28.3 Å². The van der Waals surface area contributed by atoms with Gasteiger partial charge in [0.25, 0.3) is 0 Å². The van der Waals surface area contributed by atoms with Crippen molar-refractivity contribution in [1.82, 2.24) is 24.5 Å². The summed E-state index contributed by atoms with van der Waals surface area (Å²) in [6, 6.07) is 6.07. The number of nitrogens with zero attached hydrogens (tertiary/aromatic N) is 5. The van der Waals surface area contributed by atoms with E-state index in [2.05, 4.69) is 15.3 Å². The van der Waals surface area contributed by atoms with E-state index in [-0.39, 0.29) is 0 Å². The first-order valence-electron chi connectivity index (χ1n) is 7.43. The summed E-state index contributed by atoms with van der Waals surface area (Å²) in [6.07, 6.45) is 3.88. The average molecular weight is 309 g/mol. The van der Waals surface area contributed by atoms with Gasteiger partial charge < -0.3 is 4.74 Å². The Kier molecular flexibility index (Phi) is 3.00. The summed E-state index contributed by atoms with van der Waals surface area (Å²) < 4.78 is 8.85. The van der Waals surface area contributed by atoms with Crippen LogP contribution in [0.1, 0.15) is 34.4 Å². The standard InChI is InChI=1S/C16H15N5O2/c1-3-23-16(22)15-14-7-11-8-18-19-21(11)13-6-10(2)4-5-12(13)20(14)9-17-15/h4-6,8-9H,3,7H2,1-2H3. The van der Waals surface area contributed by atoms with Crippen LogP contribution in [0.3, 0.4) is 0 Å². The third-order valence-electron chi connectivity index (χ3n) is 3.92. The monoisotopic (exact) mass is 309 g/mol. The van der Waals surface area contributed by atoms with Gasteiger partial charge in [0.2, 0.25) is 0 Å². The minimum Gasteiger partial charge on any atom is -0.461 e. The van der Waals surface area contributed by atoms with Crippen molar-refractivity contribution < 1.29 is 9.53 Å². The Bertz CT molecular complexity index is 909. The highest BCUT2D eigenvalue weighted by atomic mass is 16.5. The van der Waals surface area contributed by atoms with Crippen LogP contribution in [0.4, 0.5) is 0 Å². The maximum atomic E-state index is 12.2. The second-order valence-electron chi connectivity index (χ2n) is 5.44. The fraction of sp³-hybridized carbons (Fsp3) is 0.250. The van der Waals surface area contributed by atoms with Crippen molar-refractivity contribution in [2.75, 3.05) is 6.61 Å². The number of fused-ring (bicyclic) bond motifs is 5. The van der Waals surface area contributed by atoms with Crippen molar-refractivity contribution in [3.8, 4) is 11.4 Å². The molecule has 0 unspecified atom stereocenters. The summed E-state index contributed by atoms with van der Waals surface area (Å²) in [5.41, 5.74) is 4.99. The molecular weight excluding hydrogens is 294 g/mol. The molecule has 0 atom stereocenters. The summed E-state index contributed by atoms with van der Waals surface area (Å²) in [6.45, 7) is 4.13. The van der Waals surface area contributed by atoms with Crippen molar-refractivity contribution in [2.45, 2.75) is 20.3 Å². The molecule has 1 aliphatic heterocycles. The summed E-state index contributed by atoms with van der Waals surface area (Å²) in [7, 11) is 0. The highest BCUT2D eigenvalue weighted by molar-refractivity contribution is 5.89. The third-order valence-corrected chi connectivity index (χ3v) is 3.92. The van der Waals surface area contributed by atoms with Gasteiger partial charge in [0.1, 0.15) is 6.33 Å². The summed E-state index contributed by atoms with van der Waals surface area (Å²) >= 11 is 0. The molecule has 0 bridgehead atoms. The number of aromatic nitrogens is 5. The van der Waals surface area contributed by atoms with E-state index >= 15 is 0 Å². The zero-order chi connectivity index (χ0) is 16.0. The maximum absolute atomic E-state index is 12.2. The van der Waals surface area contributed by atoms with Crippen LogP contribution in [-0.2, 0) is 11.2 Å². The number of imidazole rings is 1. The number of aryl methyl sites for hydroxylation is 1. The molecule has 3 heterocycles. The number of carbonyl (C=O) groups excluding carboxylic acids is 1. The zero-order valence-corrected chi connectivity index (χ0v) is 12.9. The lowest BCUT2D eigenvalue weighted by Crippen LogP contribution is -2.10. The predicted molar refractivity (Wildman–Crippen MR) is 82.0 cm³/mol. The van der Waals surface area contributed by atoms with Crippen LogP contribution in [0, 0.1) is 6.92 Å². The number of esters is 1. The molecule has 0 radical (unpaired) electrons. The zero-order valence-electron chi connectivity index (χ0n) is 12.9. The number of hydrogen-bond donors (Lipinski definition) is 0. The lowest BCUT2D eigenvalue weighted by atomic mass is 10.2. The second kappa shape index (κ2) is 5.05. The van der Waals surface area contributed by atoms with Gasteiger partial charge in [0, 0.05) is 6.42 Å². The van der Waals surface area contributed by atoms with Gasteiger partial charge in [-0.2, -0.15) is 0 Å². The van der Waals surface area contributed by atoms with Gasteiger partial charge in [-0.3, -0.25) is 4.57 Å². The Labute approximate surface area is 132 Å². The summed E-state index contributed by atoms with van der Waals surface area (Å²) in [5.74, 6) is -0.407. The second-order valence-corrected chi connectivity index (χ2v) is 5.44. The SMILES string of the molecule is CCOC(=O)c1ncn2c1Cc1cnnn1-c1cc(C)ccc1-2. The fourth-order valence-corrected chi connectivity index (χ4v) is 2.88. The highest BCUT2D eigenvalue weighted by Gasteiger charge is 2.26. The highest BCUT2D eigenvalue weighted by Crippen LogP contribution is 2.29. The number of rotatable bonds is 2. The first-order chi connectivity index (χ1) is 11.2. The third kappa shape index (κ3) is 2.04. The van der Waals surface area contributed by atoms with Gasteiger partial charge in [-0.05, 0) is 31.5 Å². The van der Waals surface area contributed by atoms with Crippen LogP contribution >= 0.6 is 0 Å². The molecule has 7 heteroatoms. The van der Waals surface area contributed by atoms with Crippen molar-refractivity contribution in [3.05, 3.63) is 53.4 Å². The molecule has 0 saturated heterocycles. The molecule has 2 aromatic heterocycles. The van der Waals surface area contributed by atoms with E-state index in [1.807, 2.05) is 34.4 Å². The number of ether oxygens (including phenoxy) is 1. The lowest BCUT2D eigenvalue weighted by Gasteiger charge is -2.10. The summed E-state index contributed by atoms with van der Waals surface area (Å²) in [5, 5.41) is 8.20. The van der Waals surface area contributed by atoms with E-state index in [4.69, 9.17) is 4.74 Å². The Morgan fingerprint density at radius 1 is 1.35 bits per heavy atom. The number of benzene rings is 1. The Hall–Kier alpha value is -2.96. The van der Waals surface area contributed by atoms with E-state index < -0.39 is 5.97 Å². The Morgan fingerprint density at radius 2 is 2.22 bits per heavy atom. The quantitative estimate of drug-likeness (QED) is 0.528. The fourth-order valence-electron chi connectivity index (χ4n) is 2.88. The normalized spacial score (nSPS) is 12.1. The molecule has 0 fully saturated rings. The average Bonchev–Trinajstić information content (AvgIpc) is 3.13. The summed E-state index contributed by atoms with van der Waals surface area (Å²) in [4.78, 5) is 16.4. The van der Waals surface area contributed by atoms with Crippen molar-refractivity contribution >= 4 is 5.97 Å². The van der Waals surface area contributed by atoms with E-state index in [9.17, 15) is 4.79 Å². The molecule has 0 N–H and O–H groups in total. The Balaban J connectivity index is 1.97. The van der Waals surface area contributed by atoms with E-state index in [0.29, 0.717) is 18.7 Å². The molecule has 0 aliphatic carbocycles. The minimum atomic E-state index is -0.407. The molecular formula is C16H15N5O2. The van der Waals surface area contributed by atoms with Crippen LogP contribution in [0.25, 0.3) is 11.4 Å². The molecule has 23 heavy (non-hydrogen) atoms. The number of hydrogen-bond acceptors (Lipinski definition) is 5. The van der Waals surface area contributed by atoms with Gasteiger partial charge in [0.05, 0.1) is 35.6 Å². The molecule has 3 aromatic rings. The van der Waals surface area contributed by atoms with Gasteiger partial charge >= 0.3 is 5.97 Å². The predicted octanol–water partition coefficient (Wildman–Crippen LogP) is 1.84. The van der Waals surface area contributed by atoms with Crippen molar-refractivity contribution in [1.29, 1.82) is 0 Å². The minimum absolute atomic E-state index is 0.320. The van der Waals surface area contributed by atoms with Gasteiger partial charge in [0.15, 0.2) is 5.69 Å². The first kappa shape index (κ1) is 13.7. The van der Waals surface area contributed by atoms with Crippen LogP contribution in [-0.4, -0.2) is 37.1 Å². The molecule has 0 amide bonds. The number of carbonyl (C=O) groups is 1. The molecule has 116 valence electrons.